The predicted octanol–water partition coefficient (Wildman–Crippen LogP) is 6.24. The van der Waals surface area contributed by atoms with E-state index in [1.165, 1.54) is 10.5 Å². The maximum absolute atomic E-state index is 13.9. The zero-order valence-electron chi connectivity index (χ0n) is 19.9. The van der Waals surface area contributed by atoms with Gasteiger partial charge in [-0.2, -0.15) is 0 Å². The molecule has 33 heavy (non-hydrogen) atoms. The number of para-hydroxylation sites is 1. The molecular weight excluding hydrogens is 408 g/mol. The first-order valence-corrected chi connectivity index (χ1v) is 11.5. The summed E-state index contributed by atoms with van der Waals surface area (Å²) >= 11 is 0. The highest BCUT2D eigenvalue weighted by Gasteiger charge is 2.43. The highest BCUT2D eigenvalue weighted by atomic mass is 16.2. The second-order valence-electron chi connectivity index (χ2n) is 8.81. The lowest BCUT2D eigenvalue weighted by atomic mass is 9.97. The summed E-state index contributed by atoms with van der Waals surface area (Å²) < 4.78 is 0. The summed E-state index contributed by atoms with van der Waals surface area (Å²) in [4.78, 5) is 31.0. The Morgan fingerprint density at radius 2 is 1.52 bits per heavy atom. The van der Waals surface area contributed by atoms with Crippen LogP contribution in [0.3, 0.4) is 0 Å². The van der Waals surface area contributed by atoms with Crippen LogP contribution in [-0.2, 0) is 9.59 Å². The fraction of sp³-hybridized carbons (Fsp3) is 0.241. The summed E-state index contributed by atoms with van der Waals surface area (Å²) in [5.41, 5.74) is 6.41. The van der Waals surface area contributed by atoms with E-state index in [0.29, 0.717) is 29.4 Å². The van der Waals surface area contributed by atoms with Crippen LogP contribution in [0.1, 0.15) is 48.9 Å². The molecule has 0 saturated heterocycles. The number of nitrogens with zero attached hydrogens (tertiary/aromatic N) is 2. The molecule has 168 valence electrons. The first kappa shape index (κ1) is 22.5. The van der Waals surface area contributed by atoms with Gasteiger partial charge in [-0.3, -0.25) is 9.59 Å². The largest absolute Gasteiger partial charge is 0.337 e. The molecule has 2 amide bonds. The van der Waals surface area contributed by atoms with Gasteiger partial charge in [0.15, 0.2) is 0 Å². The summed E-state index contributed by atoms with van der Waals surface area (Å²) in [6.45, 7) is 10.8. The zero-order chi connectivity index (χ0) is 23.7. The van der Waals surface area contributed by atoms with Gasteiger partial charge in [-0.05, 0) is 67.6 Å². The third-order valence-electron chi connectivity index (χ3n) is 6.18. The lowest BCUT2D eigenvalue weighted by molar-refractivity contribution is -0.120. The van der Waals surface area contributed by atoms with Gasteiger partial charge in [-0.15, -0.1) is 0 Å². The number of aryl methyl sites for hydroxylation is 2. The molecule has 0 N–H and O–H groups in total. The van der Waals surface area contributed by atoms with Gasteiger partial charge in [0.05, 0.1) is 11.3 Å². The fourth-order valence-electron chi connectivity index (χ4n) is 4.43. The van der Waals surface area contributed by atoms with Crippen LogP contribution in [0.25, 0.3) is 5.57 Å². The molecule has 1 aliphatic rings. The molecule has 3 aromatic carbocycles. The van der Waals surface area contributed by atoms with Crippen LogP contribution in [-0.4, -0.2) is 18.4 Å². The van der Waals surface area contributed by atoms with E-state index in [2.05, 4.69) is 19.9 Å². The minimum atomic E-state index is -0.294. The van der Waals surface area contributed by atoms with E-state index in [4.69, 9.17) is 0 Å². The van der Waals surface area contributed by atoms with E-state index in [-0.39, 0.29) is 11.8 Å². The molecular formula is C29H30N2O2. The number of amides is 2. The van der Waals surface area contributed by atoms with E-state index in [9.17, 15) is 9.59 Å². The van der Waals surface area contributed by atoms with Crippen LogP contribution in [0.2, 0.25) is 0 Å². The minimum Gasteiger partial charge on any atom is -0.337 e. The standard InChI is InChI=1S/C29H30N2O2/c1-6-30(23-10-8-7-9-11-23)27-26(25-17-12-20(4)18-21(25)5)28(32)31(29(27)33)24-15-13-22(14-16-24)19(2)3/h7-19H,6H2,1-5H3. The number of hydrogen-bond donors (Lipinski definition) is 0. The Labute approximate surface area is 196 Å². The van der Waals surface area contributed by atoms with Gasteiger partial charge < -0.3 is 4.90 Å². The molecule has 0 atom stereocenters. The molecule has 0 unspecified atom stereocenters. The van der Waals surface area contributed by atoms with Gasteiger partial charge in [-0.1, -0.05) is 67.9 Å². The van der Waals surface area contributed by atoms with Crippen molar-refractivity contribution in [3.05, 3.63) is 101 Å². The van der Waals surface area contributed by atoms with E-state index in [0.717, 1.165) is 22.4 Å². The molecule has 0 aliphatic carbocycles. The normalized spacial score (nSPS) is 13.9. The molecule has 1 heterocycles. The molecule has 0 bridgehead atoms. The molecule has 4 nitrogen and oxygen atoms in total. The van der Waals surface area contributed by atoms with Crippen molar-refractivity contribution in [1.82, 2.24) is 0 Å². The Bertz CT molecular complexity index is 1220. The highest BCUT2D eigenvalue weighted by molar-refractivity contribution is 6.46. The summed E-state index contributed by atoms with van der Waals surface area (Å²) in [6.07, 6.45) is 0. The molecule has 0 radical (unpaired) electrons. The first-order chi connectivity index (χ1) is 15.8. The van der Waals surface area contributed by atoms with Crippen LogP contribution < -0.4 is 9.80 Å². The number of imide groups is 1. The van der Waals surface area contributed by atoms with E-state index in [1.54, 1.807) is 0 Å². The average molecular weight is 439 g/mol. The van der Waals surface area contributed by atoms with Crippen LogP contribution in [0, 0.1) is 13.8 Å². The molecule has 4 heteroatoms. The Kier molecular flexibility index (Phi) is 6.19. The highest BCUT2D eigenvalue weighted by Crippen LogP contribution is 2.38. The SMILES string of the molecule is CCN(C1=C(c2ccc(C)cc2C)C(=O)N(c2ccc(C(C)C)cc2)C1=O)c1ccccc1. The number of hydrogen-bond acceptors (Lipinski definition) is 3. The van der Waals surface area contributed by atoms with Crippen LogP contribution in [0.4, 0.5) is 11.4 Å². The summed E-state index contributed by atoms with van der Waals surface area (Å²) in [5.74, 6) is -0.205. The Hall–Kier alpha value is -3.66. The quantitative estimate of drug-likeness (QED) is 0.428. The van der Waals surface area contributed by atoms with E-state index < -0.39 is 0 Å². The molecule has 4 rings (SSSR count). The van der Waals surface area contributed by atoms with Crippen molar-refractivity contribution in [1.29, 1.82) is 0 Å². The smallest absolute Gasteiger partial charge is 0.282 e. The molecule has 0 aromatic heterocycles. The number of rotatable bonds is 6. The van der Waals surface area contributed by atoms with Crippen molar-refractivity contribution in [3.63, 3.8) is 0 Å². The van der Waals surface area contributed by atoms with Gasteiger partial charge in [0.25, 0.3) is 11.8 Å². The molecule has 3 aromatic rings. The van der Waals surface area contributed by atoms with Crippen LogP contribution in [0.5, 0.6) is 0 Å². The lowest BCUT2D eigenvalue weighted by Gasteiger charge is -2.25. The zero-order valence-corrected chi connectivity index (χ0v) is 19.9. The summed E-state index contributed by atoms with van der Waals surface area (Å²) in [5, 5.41) is 0. The first-order valence-electron chi connectivity index (χ1n) is 11.5. The Balaban J connectivity index is 1.89. The van der Waals surface area contributed by atoms with Gasteiger partial charge in [-0.25, -0.2) is 4.90 Å². The maximum Gasteiger partial charge on any atom is 0.282 e. The van der Waals surface area contributed by atoms with Gasteiger partial charge in [0.1, 0.15) is 5.70 Å². The number of carbonyl (C=O) groups is 2. The number of carbonyl (C=O) groups excluding carboxylic acids is 2. The van der Waals surface area contributed by atoms with Crippen molar-refractivity contribution < 1.29 is 9.59 Å². The Morgan fingerprint density at radius 3 is 2.09 bits per heavy atom. The summed E-state index contributed by atoms with van der Waals surface area (Å²) in [7, 11) is 0. The van der Waals surface area contributed by atoms with Crippen molar-refractivity contribution in [2.24, 2.45) is 0 Å². The van der Waals surface area contributed by atoms with Crippen molar-refractivity contribution in [3.8, 4) is 0 Å². The number of anilines is 2. The maximum atomic E-state index is 13.9. The third-order valence-corrected chi connectivity index (χ3v) is 6.18. The van der Waals surface area contributed by atoms with E-state index in [1.807, 2.05) is 92.4 Å². The van der Waals surface area contributed by atoms with Crippen molar-refractivity contribution in [2.45, 2.75) is 40.5 Å². The third kappa shape index (κ3) is 4.09. The minimum absolute atomic E-state index is 0.284. The van der Waals surface area contributed by atoms with Crippen LogP contribution >= 0.6 is 0 Å². The Morgan fingerprint density at radius 1 is 0.848 bits per heavy atom. The van der Waals surface area contributed by atoms with Gasteiger partial charge in [0.2, 0.25) is 0 Å². The van der Waals surface area contributed by atoms with Crippen molar-refractivity contribution in [2.75, 3.05) is 16.3 Å². The van der Waals surface area contributed by atoms with Gasteiger partial charge in [0, 0.05) is 12.2 Å². The van der Waals surface area contributed by atoms with E-state index >= 15 is 0 Å². The lowest BCUT2D eigenvalue weighted by Crippen LogP contribution is -2.35. The van der Waals surface area contributed by atoms with Crippen LogP contribution in [0.15, 0.2) is 78.5 Å². The average Bonchev–Trinajstić information content (AvgIpc) is 3.05. The molecule has 1 aliphatic heterocycles. The molecule has 0 fully saturated rings. The number of benzene rings is 3. The monoisotopic (exact) mass is 438 g/mol. The predicted molar refractivity (Wildman–Crippen MR) is 135 cm³/mol. The van der Waals surface area contributed by atoms with Crippen molar-refractivity contribution >= 4 is 28.8 Å². The van der Waals surface area contributed by atoms with Gasteiger partial charge >= 0.3 is 0 Å². The summed E-state index contributed by atoms with van der Waals surface area (Å²) in [6, 6.07) is 23.5. The molecule has 0 saturated carbocycles. The molecule has 0 spiro atoms. The second-order valence-corrected chi connectivity index (χ2v) is 8.81. The topological polar surface area (TPSA) is 40.6 Å². The fourth-order valence-corrected chi connectivity index (χ4v) is 4.43. The second kappa shape index (κ2) is 9.07. The number of likely N-dealkylation sites (N-methyl/N-ethyl adjacent to an activating group) is 1.